The Morgan fingerprint density at radius 3 is 2.75 bits per heavy atom. The van der Waals surface area contributed by atoms with Gasteiger partial charge >= 0.3 is 0 Å². The summed E-state index contributed by atoms with van der Waals surface area (Å²) in [6.45, 7) is 2.92. The molecule has 28 heavy (non-hydrogen) atoms. The zero-order valence-corrected chi connectivity index (χ0v) is 15.3. The average molecular weight is 374 g/mol. The van der Waals surface area contributed by atoms with Crippen molar-refractivity contribution < 1.29 is 14.3 Å². The molecule has 2 N–H and O–H groups in total. The van der Waals surface area contributed by atoms with Crippen LogP contribution in [0.5, 0.6) is 11.5 Å². The molecule has 0 spiro atoms. The van der Waals surface area contributed by atoms with Gasteiger partial charge in [-0.15, -0.1) is 0 Å². The van der Waals surface area contributed by atoms with Gasteiger partial charge in [-0.3, -0.25) is 4.79 Å². The number of nitrogens with zero attached hydrogens (tertiary/aromatic N) is 2. The van der Waals surface area contributed by atoms with Gasteiger partial charge < -0.3 is 20.1 Å². The number of amides is 1. The second kappa shape index (κ2) is 7.45. The minimum absolute atomic E-state index is 0.125. The molecule has 1 aromatic heterocycles. The second-order valence-corrected chi connectivity index (χ2v) is 6.39. The Labute approximate surface area is 161 Å². The lowest BCUT2D eigenvalue weighted by molar-refractivity contribution is 0.0954. The number of fused-ring (bicyclic) bond motifs is 2. The molecule has 2 heterocycles. The number of hydrogen-bond acceptors (Lipinski definition) is 6. The van der Waals surface area contributed by atoms with Crippen LogP contribution in [0.2, 0.25) is 0 Å². The molecule has 1 aliphatic rings. The number of carbonyl (C=O) groups excluding carboxylic acids is 1. The number of pyridine rings is 1. The second-order valence-electron chi connectivity index (χ2n) is 6.39. The number of benzene rings is 2. The van der Waals surface area contributed by atoms with Gasteiger partial charge in [0.05, 0.1) is 11.1 Å². The first-order chi connectivity index (χ1) is 13.7. The van der Waals surface area contributed by atoms with Crippen LogP contribution in [0.25, 0.3) is 10.9 Å². The number of aryl methyl sites for hydroxylation is 1. The molecule has 7 nitrogen and oxygen atoms in total. The van der Waals surface area contributed by atoms with Crippen LogP contribution in [0.4, 0.5) is 5.82 Å². The maximum atomic E-state index is 12.3. The maximum absolute atomic E-state index is 12.3. The Hall–Kier alpha value is -3.79. The number of aromatic nitrogens is 1. The molecule has 0 atom stereocenters. The molecule has 140 valence electrons. The number of ether oxygens (including phenoxy) is 2. The number of carbonyl (C=O) groups is 1. The molecule has 0 aliphatic carbocycles. The first-order valence-electron chi connectivity index (χ1n) is 8.88. The maximum Gasteiger partial charge on any atom is 0.251 e. The normalized spacial score (nSPS) is 11.9. The molecule has 0 saturated carbocycles. The summed E-state index contributed by atoms with van der Waals surface area (Å²) in [6, 6.07) is 15.0. The third-order valence-corrected chi connectivity index (χ3v) is 4.52. The van der Waals surface area contributed by atoms with Gasteiger partial charge in [-0.2, -0.15) is 5.26 Å². The quantitative estimate of drug-likeness (QED) is 0.667. The van der Waals surface area contributed by atoms with Crippen LogP contribution in [-0.2, 0) is 0 Å². The first kappa shape index (κ1) is 17.6. The summed E-state index contributed by atoms with van der Waals surface area (Å²) in [5.74, 6) is 1.64. The first-order valence-corrected chi connectivity index (χ1v) is 8.88. The molecule has 0 saturated heterocycles. The van der Waals surface area contributed by atoms with Crippen molar-refractivity contribution >= 4 is 22.6 Å². The fourth-order valence-electron chi connectivity index (χ4n) is 3.06. The smallest absolute Gasteiger partial charge is 0.251 e. The van der Waals surface area contributed by atoms with Crippen LogP contribution < -0.4 is 20.1 Å². The Kier molecular flexibility index (Phi) is 4.68. The highest BCUT2D eigenvalue weighted by atomic mass is 16.7. The standard InChI is InChI=1S/C21H18N4O3/c1-13-4-2-3-5-16(13)21(26)24-7-6-23-20-15(11-22)8-14-9-18-19(28-12-27-18)10-17(14)25-20/h2-5,8-10H,6-7,12H2,1H3,(H,23,25)(H,24,26). The fraction of sp³-hybridized carbons (Fsp3) is 0.190. The van der Waals surface area contributed by atoms with Gasteiger partial charge in [0.1, 0.15) is 11.9 Å². The van der Waals surface area contributed by atoms with Crippen molar-refractivity contribution in [1.29, 1.82) is 5.26 Å². The molecule has 1 aliphatic heterocycles. The van der Waals surface area contributed by atoms with Crippen molar-refractivity contribution in [3.8, 4) is 17.6 Å². The molecule has 2 aromatic carbocycles. The van der Waals surface area contributed by atoms with Gasteiger partial charge in [0.2, 0.25) is 6.79 Å². The lowest BCUT2D eigenvalue weighted by Gasteiger charge is -2.11. The highest BCUT2D eigenvalue weighted by Crippen LogP contribution is 2.36. The SMILES string of the molecule is Cc1ccccc1C(=O)NCCNc1nc2cc3c(cc2cc1C#N)OCO3. The molecule has 0 bridgehead atoms. The summed E-state index contributed by atoms with van der Waals surface area (Å²) in [5, 5.41) is 16.2. The predicted octanol–water partition coefficient (Wildman–Crippen LogP) is 2.99. The molecular formula is C21H18N4O3. The van der Waals surface area contributed by atoms with E-state index in [9.17, 15) is 10.1 Å². The summed E-state index contributed by atoms with van der Waals surface area (Å²) in [7, 11) is 0. The summed E-state index contributed by atoms with van der Waals surface area (Å²) in [5.41, 5.74) is 2.71. The van der Waals surface area contributed by atoms with Gasteiger partial charge in [-0.1, -0.05) is 18.2 Å². The van der Waals surface area contributed by atoms with Crippen LogP contribution >= 0.6 is 0 Å². The topological polar surface area (TPSA) is 96.3 Å². The third kappa shape index (κ3) is 3.40. The van der Waals surface area contributed by atoms with E-state index in [0.717, 1.165) is 10.9 Å². The molecule has 4 rings (SSSR count). The van der Waals surface area contributed by atoms with Crippen LogP contribution in [0.15, 0.2) is 42.5 Å². The highest BCUT2D eigenvalue weighted by molar-refractivity contribution is 5.95. The molecule has 0 fully saturated rings. The average Bonchev–Trinajstić information content (AvgIpc) is 3.16. The van der Waals surface area contributed by atoms with Gasteiger partial charge in [0.15, 0.2) is 11.5 Å². The largest absolute Gasteiger partial charge is 0.454 e. The Balaban J connectivity index is 1.44. The van der Waals surface area contributed by atoms with E-state index < -0.39 is 0 Å². The minimum Gasteiger partial charge on any atom is -0.454 e. The summed E-state index contributed by atoms with van der Waals surface area (Å²) < 4.78 is 10.8. The van der Waals surface area contributed by atoms with E-state index in [-0.39, 0.29) is 12.7 Å². The Bertz CT molecular complexity index is 1100. The van der Waals surface area contributed by atoms with Crippen molar-refractivity contribution in [1.82, 2.24) is 10.3 Å². The number of nitriles is 1. The van der Waals surface area contributed by atoms with E-state index in [0.29, 0.717) is 47.1 Å². The van der Waals surface area contributed by atoms with Gasteiger partial charge in [-0.05, 0) is 30.7 Å². The van der Waals surface area contributed by atoms with Crippen LogP contribution in [0.1, 0.15) is 21.5 Å². The molecular weight excluding hydrogens is 356 g/mol. The lowest BCUT2D eigenvalue weighted by atomic mass is 10.1. The van der Waals surface area contributed by atoms with Gasteiger partial charge in [-0.25, -0.2) is 4.98 Å². The molecule has 0 unspecified atom stereocenters. The summed E-state index contributed by atoms with van der Waals surface area (Å²) >= 11 is 0. The number of anilines is 1. The highest BCUT2D eigenvalue weighted by Gasteiger charge is 2.16. The predicted molar refractivity (Wildman–Crippen MR) is 105 cm³/mol. The number of hydrogen-bond donors (Lipinski definition) is 2. The van der Waals surface area contributed by atoms with Crippen LogP contribution in [-0.4, -0.2) is 30.8 Å². The summed E-state index contributed by atoms with van der Waals surface area (Å²) in [4.78, 5) is 16.8. The van der Waals surface area contributed by atoms with Gasteiger partial charge in [0.25, 0.3) is 5.91 Å². The Morgan fingerprint density at radius 2 is 1.96 bits per heavy atom. The summed E-state index contributed by atoms with van der Waals surface area (Å²) in [6.07, 6.45) is 0. The van der Waals surface area contributed by atoms with Crippen LogP contribution in [0, 0.1) is 18.3 Å². The van der Waals surface area contributed by atoms with E-state index in [4.69, 9.17) is 9.47 Å². The molecule has 7 heteroatoms. The molecule has 3 aromatic rings. The number of nitrogens with one attached hydrogen (secondary N) is 2. The lowest BCUT2D eigenvalue weighted by Crippen LogP contribution is -2.29. The monoisotopic (exact) mass is 374 g/mol. The van der Waals surface area contributed by atoms with E-state index in [1.807, 2.05) is 31.2 Å². The zero-order chi connectivity index (χ0) is 19.5. The van der Waals surface area contributed by atoms with E-state index in [1.54, 1.807) is 18.2 Å². The van der Waals surface area contributed by atoms with Crippen molar-refractivity contribution in [2.24, 2.45) is 0 Å². The van der Waals surface area contributed by atoms with E-state index >= 15 is 0 Å². The Morgan fingerprint density at radius 1 is 1.18 bits per heavy atom. The van der Waals surface area contributed by atoms with E-state index in [2.05, 4.69) is 21.7 Å². The zero-order valence-electron chi connectivity index (χ0n) is 15.3. The van der Waals surface area contributed by atoms with E-state index in [1.165, 1.54) is 0 Å². The van der Waals surface area contributed by atoms with Crippen molar-refractivity contribution in [2.75, 3.05) is 25.2 Å². The molecule has 0 radical (unpaired) electrons. The van der Waals surface area contributed by atoms with Crippen LogP contribution in [0.3, 0.4) is 0 Å². The van der Waals surface area contributed by atoms with Crippen molar-refractivity contribution in [3.05, 3.63) is 59.2 Å². The van der Waals surface area contributed by atoms with Gasteiger partial charge in [0, 0.05) is 30.1 Å². The molecule has 1 amide bonds. The van der Waals surface area contributed by atoms with Crippen molar-refractivity contribution in [3.63, 3.8) is 0 Å². The van der Waals surface area contributed by atoms with Crippen molar-refractivity contribution in [2.45, 2.75) is 6.92 Å². The fourth-order valence-corrected chi connectivity index (χ4v) is 3.06. The third-order valence-electron chi connectivity index (χ3n) is 4.52. The number of rotatable bonds is 5. The minimum atomic E-state index is -0.125.